The summed E-state index contributed by atoms with van der Waals surface area (Å²) in [5.41, 5.74) is -0.196. The number of hydrogen-bond donors (Lipinski definition) is 2. The Hall–Kier alpha value is -2.36. The molecule has 30 heavy (non-hydrogen) atoms. The van der Waals surface area contributed by atoms with Crippen LogP contribution in [0.2, 0.25) is 5.02 Å². The molecule has 0 saturated carbocycles. The van der Waals surface area contributed by atoms with Gasteiger partial charge < -0.3 is 15.2 Å². The molecule has 7 nitrogen and oxygen atoms in total. The van der Waals surface area contributed by atoms with E-state index in [1.54, 1.807) is 22.8 Å². The molecular weight excluding hydrogens is 416 g/mol. The quantitative estimate of drug-likeness (QED) is 0.632. The Bertz CT molecular complexity index is 1040. The van der Waals surface area contributed by atoms with Crippen molar-refractivity contribution in [3.63, 3.8) is 0 Å². The molecule has 4 heterocycles. The van der Waals surface area contributed by atoms with Crippen LogP contribution in [-0.4, -0.2) is 55.7 Å². The van der Waals surface area contributed by atoms with Crippen molar-refractivity contribution in [2.75, 3.05) is 18.5 Å². The average molecular weight is 438 g/mol. The first-order valence-electron chi connectivity index (χ1n) is 9.60. The Balaban J connectivity index is 1.65. The summed E-state index contributed by atoms with van der Waals surface area (Å²) < 4.78 is 35.0. The molecule has 0 spiro atoms. The van der Waals surface area contributed by atoms with Crippen LogP contribution in [0.4, 0.5) is 14.7 Å². The number of aliphatic hydroxyl groups excluding tert-OH is 1. The summed E-state index contributed by atoms with van der Waals surface area (Å²) >= 11 is 6.32. The summed E-state index contributed by atoms with van der Waals surface area (Å²) in [5.74, 6) is 0.321. The second kappa shape index (κ2) is 8.05. The lowest BCUT2D eigenvalue weighted by Gasteiger charge is -2.28. The average Bonchev–Trinajstić information content (AvgIpc) is 3.04. The number of halogens is 3. The van der Waals surface area contributed by atoms with Crippen molar-refractivity contribution in [2.45, 2.75) is 44.3 Å². The summed E-state index contributed by atoms with van der Waals surface area (Å²) in [4.78, 5) is 8.56. The second-order valence-corrected chi connectivity index (χ2v) is 8.25. The van der Waals surface area contributed by atoms with Crippen molar-refractivity contribution in [1.82, 2.24) is 19.6 Å². The zero-order valence-corrected chi connectivity index (χ0v) is 17.3. The van der Waals surface area contributed by atoms with Crippen molar-refractivity contribution < 1.29 is 18.6 Å². The minimum absolute atomic E-state index is 0.156. The summed E-state index contributed by atoms with van der Waals surface area (Å²) in [7, 11) is 0. The van der Waals surface area contributed by atoms with E-state index in [2.05, 4.69) is 20.4 Å². The Morgan fingerprint density at radius 2 is 2.13 bits per heavy atom. The number of nitrogens with zero attached hydrogens (tertiary/aromatic N) is 4. The van der Waals surface area contributed by atoms with E-state index in [4.69, 9.17) is 16.3 Å². The molecule has 1 saturated heterocycles. The summed E-state index contributed by atoms with van der Waals surface area (Å²) in [6, 6.07) is 4.56. The van der Waals surface area contributed by atoms with E-state index < -0.39 is 17.9 Å². The van der Waals surface area contributed by atoms with Gasteiger partial charge in [-0.2, -0.15) is 0 Å². The van der Waals surface area contributed by atoms with Gasteiger partial charge >= 0.3 is 0 Å². The molecule has 160 valence electrons. The highest BCUT2D eigenvalue weighted by Crippen LogP contribution is 2.33. The predicted molar refractivity (Wildman–Crippen MR) is 109 cm³/mol. The van der Waals surface area contributed by atoms with E-state index in [0.29, 0.717) is 40.9 Å². The number of rotatable bonds is 5. The first kappa shape index (κ1) is 20.9. The molecule has 3 aromatic heterocycles. The van der Waals surface area contributed by atoms with Gasteiger partial charge in [0.05, 0.1) is 41.4 Å². The fraction of sp³-hybridized carbons (Fsp3) is 0.450. The minimum Gasteiger partial charge on any atom is -0.389 e. The van der Waals surface area contributed by atoms with Crippen molar-refractivity contribution in [3.8, 4) is 11.4 Å². The van der Waals surface area contributed by atoms with Crippen molar-refractivity contribution in [2.24, 2.45) is 0 Å². The molecule has 4 rings (SSSR count). The van der Waals surface area contributed by atoms with Gasteiger partial charge in [0, 0.05) is 18.4 Å². The number of ether oxygens (including phenoxy) is 1. The second-order valence-electron chi connectivity index (χ2n) is 7.84. The molecule has 0 aliphatic carbocycles. The van der Waals surface area contributed by atoms with Crippen LogP contribution >= 0.6 is 11.6 Å². The van der Waals surface area contributed by atoms with Gasteiger partial charge in [-0.05, 0) is 32.4 Å². The van der Waals surface area contributed by atoms with Crippen LogP contribution in [0, 0.1) is 0 Å². The monoisotopic (exact) mass is 437 g/mol. The van der Waals surface area contributed by atoms with Crippen LogP contribution in [0.1, 0.15) is 32.0 Å². The van der Waals surface area contributed by atoms with Crippen LogP contribution in [0.15, 0.2) is 30.6 Å². The smallest absolute Gasteiger partial charge is 0.241 e. The van der Waals surface area contributed by atoms with Crippen LogP contribution in [0.25, 0.3) is 16.9 Å². The van der Waals surface area contributed by atoms with Gasteiger partial charge in [0.25, 0.3) is 0 Å². The lowest BCUT2D eigenvalue weighted by atomic mass is 9.99. The van der Waals surface area contributed by atoms with E-state index in [9.17, 15) is 13.9 Å². The van der Waals surface area contributed by atoms with Crippen LogP contribution < -0.4 is 5.32 Å². The Morgan fingerprint density at radius 3 is 2.80 bits per heavy atom. The molecule has 0 aromatic carbocycles. The normalized spacial score (nSPS) is 21.0. The van der Waals surface area contributed by atoms with Gasteiger partial charge in [-0.3, -0.25) is 4.98 Å². The Kier molecular flexibility index (Phi) is 5.61. The van der Waals surface area contributed by atoms with Crippen LogP contribution in [0.3, 0.4) is 0 Å². The Morgan fingerprint density at radius 1 is 1.33 bits per heavy atom. The zero-order chi connectivity index (χ0) is 21.5. The number of hydrogen-bond acceptors (Lipinski definition) is 6. The number of anilines is 1. The molecule has 0 radical (unpaired) electrons. The maximum atomic E-state index is 14.2. The molecule has 0 bridgehead atoms. The van der Waals surface area contributed by atoms with Crippen molar-refractivity contribution >= 4 is 23.1 Å². The standard InChI is InChI=1S/C20H22ClF2N5O2/c1-20(2,23)18(22)11-3-4-13(24-8-11)15-7-12(21)16-9-25-19(27-28(15)16)26-14-5-6-30-10-17(14)29/h3-4,7-9,14,17-18,29H,5-6,10H2,1-2H3,(H,26,27)/t14-,17-,18?/m1/s1. The highest BCUT2D eigenvalue weighted by molar-refractivity contribution is 6.34. The Labute approximate surface area is 177 Å². The van der Waals surface area contributed by atoms with E-state index >= 15 is 0 Å². The van der Waals surface area contributed by atoms with Crippen LogP contribution in [0.5, 0.6) is 0 Å². The zero-order valence-electron chi connectivity index (χ0n) is 16.5. The molecule has 1 fully saturated rings. The fourth-order valence-corrected chi connectivity index (χ4v) is 3.59. The first-order chi connectivity index (χ1) is 14.2. The van der Waals surface area contributed by atoms with Gasteiger partial charge in [-0.15, -0.1) is 5.10 Å². The van der Waals surface area contributed by atoms with Gasteiger partial charge in [0.2, 0.25) is 5.95 Å². The number of aliphatic hydroxyl groups is 1. The topological polar surface area (TPSA) is 84.6 Å². The van der Waals surface area contributed by atoms with Crippen LogP contribution in [-0.2, 0) is 4.74 Å². The SMILES string of the molecule is CC(C)(F)C(F)c1ccc(-c2cc(Cl)c3cnc(N[C@@H]4CCOC[C@H]4O)nn23)nc1. The number of aromatic nitrogens is 4. The fourth-order valence-electron chi connectivity index (χ4n) is 3.36. The number of nitrogens with one attached hydrogen (secondary N) is 1. The highest BCUT2D eigenvalue weighted by atomic mass is 35.5. The first-order valence-corrected chi connectivity index (χ1v) is 9.98. The predicted octanol–water partition coefficient (Wildman–Crippen LogP) is 3.77. The third-order valence-electron chi connectivity index (χ3n) is 5.05. The van der Waals surface area contributed by atoms with Crippen molar-refractivity contribution in [1.29, 1.82) is 0 Å². The summed E-state index contributed by atoms with van der Waals surface area (Å²) in [6.45, 7) is 3.17. The highest BCUT2D eigenvalue weighted by Gasteiger charge is 2.31. The molecule has 2 N–H and O–H groups in total. The number of alkyl halides is 2. The van der Waals surface area contributed by atoms with Gasteiger partial charge in [-0.1, -0.05) is 17.7 Å². The molecular formula is C20H22ClF2N5O2. The minimum atomic E-state index is -2.00. The van der Waals surface area contributed by atoms with E-state index in [1.807, 2.05) is 0 Å². The van der Waals surface area contributed by atoms with Gasteiger partial charge in [-0.25, -0.2) is 18.3 Å². The maximum Gasteiger partial charge on any atom is 0.241 e. The number of fused-ring (bicyclic) bond motifs is 1. The lowest BCUT2D eigenvalue weighted by Crippen LogP contribution is -2.42. The molecule has 3 atom stereocenters. The maximum absolute atomic E-state index is 14.2. The third-order valence-corrected chi connectivity index (χ3v) is 5.36. The number of pyridine rings is 1. The van der Waals surface area contributed by atoms with E-state index in [-0.39, 0.29) is 18.2 Å². The molecule has 10 heteroatoms. The molecule has 1 unspecified atom stereocenters. The van der Waals surface area contributed by atoms with E-state index in [0.717, 1.165) is 0 Å². The van der Waals surface area contributed by atoms with E-state index in [1.165, 1.54) is 26.1 Å². The molecule has 3 aromatic rings. The molecule has 1 aliphatic heterocycles. The summed E-state index contributed by atoms with van der Waals surface area (Å²) in [6.07, 6.45) is 1.07. The summed E-state index contributed by atoms with van der Waals surface area (Å²) in [5, 5.41) is 18.1. The van der Waals surface area contributed by atoms with Crippen molar-refractivity contribution in [3.05, 3.63) is 41.2 Å². The third kappa shape index (κ3) is 4.10. The lowest BCUT2D eigenvalue weighted by molar-refractivity contribution is -0.0136. The largest absolute Gasteiger partial charge is 0.389 e. The molecule has 0 amide bonds. The van der Waals surface area contributed by atoms with Gasteiger partial charge in [0.1, 0.15) is 11.2 Å². The van der Waals surface area contributed by atoms with Gasteiger partial charge in [0.15, 0.2) is 6.17 Å². The molecule has 1 aliphatic rings.